The second-order valence-electron chi connectivity index (χ2n) is 8.64. The highest BCUT2D eigenvalue weighted by atomic mass is 79.9. The Morgan fingerprint density at radius 3 is 2.67 bits per heavy atom. The molecule has 9 heteroatoms. The average Bonchev–Trinajstić information content (AvgIpc) is 3.53. The van der Waals surface area contributed by atoms with E-state index >= 15 is 0 Å². The Kier molecular flexibility index (Phi) is 8.10. The first-order valence-corrected chi connectivity index (χ1v) is 12.6. The van der Waals surface area contributed by atoms with Gasteiger partial charge in [0.25, 0.3) is 5.91 Å². The molecule has 0 unspecified atom stereocenters. The van der Waals surface area contributed by atoms with E-state index in [4.69, 9.17) is 9.15 Å². The number of hydrogen-bond donors (Lipinski definition) is 2. The van der Waals surface area contributed by atoms with E-state index in [2.05, 4.69) is 26.6 Å². The van der Waals surface area contributed by atoms with Crippen LogP contribution in [-0.4, -0.2) is 30.9 Å². The first-order chi connectivity index (χ1) is 17.3. The Morgan fingerprint density at radius 2 is 1.97 bits per heavy atom. The van der Waals surface area contributed by atoms with Crippen molar-refractivity contribution in [2.75, 3.05) is 23.4 Å². The molecular weight excluding hydrogens is 526 g/mol. The molecule has 3 amide bonds. The summed E-state index contributed by atoms with van der Waals surface area (Å²) in [6.45, 7) is 4.44. The molecule has 3 aromatic rings. The van der Waals surface area contributed by atoms with Gasteiger partial charge in [-0.15, -0.1) is 0 Å². The molecule has 0 radical (unpaired) electrons. The molecule has 8 nitrogen and oxygen atoms in total. The van der Waals surface area contributed by atoms with Crippen LogP contribution in [0.1, 0.15) is 30.2 Å². The number of nitrogens with zero attached hydrogens (tertiary/aromatic N) is 1. The van der Waals surface area contributed by atoms with Crippen LogP contribution in [0.15, 0.2) is 63.7 Å². The maximum Gasteiger partial charge on any atom is 0.262 e. The van der Waals surface area contributed by atoms with Crippen molar-refractivity contribution >= 4 is 45.0 Å². The smallest absolute Gasteiger partial charge is 0.262 e. The van der Waals surface area contributed by atoms with Crippen LogP contribution >= 0.6 is 15.9 Å². The van der Waals surface area contributed by atoms with E-state index in [1.165, 1.54) is 0 Å². The lowest BCUT2D eigenvalue weighted by atomic mass is 10.1. The van der Waals surface area contributed by atoms with Gasteiger partial charge >= 0.3 is 0 Å². The third-order valence-corrected chi connectivity index (χ3v) is 6.52. The number of hydrogen-bond acceptors (Lipinski definition) is 5. The molecule has 0 aliphatic carbocycles. The van der Waals surface area contributed by atoms with Gasteiger partial charge in [0.1, 0.15) is 11.5 Å². The minimum Gasteiger partial charge on any atom is -0.484 e. The number of anilines is 2. The van der Waals surface area contributed by atoms with Crippen LogP contribution in [0.25, 0.3) is 0 Å². The Balaban J connectivity index is 1.29. The zero-order valence-electron chi connectivity index (χ0n) is 20.2. The standard InChI is InChI=1S/C27H28BrN3O5/c1-3-18-12-20(28)11-17(2)26(18)30-24(32)16-36-22-8-6-21(7-9-22)31-15-19(13-25(31)33)27(34)29-14-23-5-4-10-35-23/h4-12,19H,3,13-16H2,1-2H3,(H,29,34)(H,30,32)/t19-/m0/s1. The third-order valence-electron chi connectivity index (χ3n) is 6.06. The molecule has 1 aromatic heterocycles. The molecule has 2 heterocycles. The minimum absolute atomic E-state index is 0.113. The largest absolute Gasteiger partial charge is 0.484 e. The molecule has 1 fully saturated rings. The van der Waals surface area contributed by atoms with E-state index in [-0.39, 0.29) is 37.3 Å². The number of rotatable bonds is 9. The fourth-order valence-corrected chi connectivity index (χ4v) is 4.80. The molecule has 0 spiro atoms. The van der Waals surface area contributed by atoms with Gasteiger partial charge in [0.15, 0.2) is 6.61 Å². The Labute approximate surface area is 218 Å². The van der Waals surface area contributed by atoms with Gasteiger partial charge < -0.3 is 24.7 Å². The van der Waals surface area contributed by atoms with Crippen molar-refractivity contribution in [2.24, 2.45) is 5.92 Å². The number of halogens is 1. The Hall–Kier alpha value is -3.59. The lowest BCUT2D eigenvalue weighted by Crippen LogP contribution is -2.32. The summed E-state index contributed by atoms with van der Waals surface area (Å²) in [5, 5.41) is 5.76. The molecule has 0 bridgehead atoms. The summed E-state index contributed by atoms with van der Waals surface area (Å²) in [6, 6.07) is 14.4. The summed E-state index contributed by atoms with van der Waals surface area (Å²) >= 11 is 3.49. The van der Waals surface area contributed by atoms with E-state index in [1.807, 2.05) is 26.0 Å². The fraction of sp³-hybridized carbons (Fsp3) is 0.296. The van der Waals surface area contributed by atoms with Gasteiger partial charge in [0.05, 0.1) is 18.7 Å². The summed E-state index contributed by atoms with van der Waals surface area (Å²) < 4.78 is 11.8. The van der Waals surface area contributed by atoms with Crippen LogP contribution in [0.5, 0.6) is 5.75 Å². The van der Waals surface area contributed by atoms with Crippen molar-refractivity contribution in [3.63, 3.8) is 0 Å². The second-order valence-corrected chi connectivity index (χ2v) is 9.56. The van der Waals surface area contributed by atoms with Crippen LogP contribution < -0.4 is 20.3 Å². The maximum atomic E-state index is 12.5. The van der Waals surface area contributed by atoms with Gasteiger partial charge in [-0.3, -0.25) is 14.4 Å². The van der Waals surface area contributed by atoms with Crippen molar-refractivity contribution in [2.45, 2.75) is 33.2 Å². The zero-order valence-corrected chi connectivity index (χ0v) is 21.8. The predicted octanol–water partition coefficient (Wildman–Crippen LogP) is 4.60. The third kappa shape index (κ3) is 6.15. The van der Waals surface area contributed by atoms with Gasteiger partial charge in [-0.1, -0.05) is 22.9 Å². The van der Waals surface area contributed by atoms with Crippen LogP contribution in [0.4, 0.5) is 11.4 Å². The van der Waals surface area contributed by atoms with Crippen molar-refractivity contribution in [3.05, 3.63) is 76.2 Å². The molecule has 1 saturated heterocycles. The number of furan rings is 1. The molecule has 4 rings (SSSR count). The highest BCUT2D eigenvalue weighted by Gasteiger charge is 2.35. The molecule has 2 N–H and O–H groups in total. The van der Waals surface area contributed by atoms with E-state index in [1.54, 1.807) is 47.6 Å². The van der Waals surface area contributed by atoms with E-state index < -0.39 is 5.92 Å². The quantitative estimate of drug-likeness (QED) is 0.403. The topological polar surface area (TPSA) is 101 Å². The van der Waals surface area contributed by atoms with Gasteiger partial charge in [-0.2, -0.15) is 0 Å². The Morgan fingerprint density at radius 1 is 1.19 bits per heavy atom. The molecular formula is C27H28BrN3O5. The highest BCUT2D eigenvalue weighted by Crippen LogP contribution is 2.28. The number of benzene rings is 2. The molecule has 1 atom stereocenters. The second kappa shape index (κ2) is 11.4. The highest BCUT2D eigenvalue weighted by molar-refractivity contribution is 9.10. The zero-order chi connectivity index (χ0) is 25.7. The van der Waals surface area contributed by atoms with Gasteiger partial charge in [-0.25, -0.2) is 0 Å². The van der Waals surface area contributed by atoms with Gasteiger partial charge in [0, 0.05) is 28.8 Å². The molecule has 1 aliphatic rings. The van der Waals surface area contributed by atoms with Crippen LogP contribution in [0.3, 0.4) is 0 Å². The maximum absolute atomic E-state index is 12.5. The molecule has 36 heavy (non-hydrogen) atoms. The van der Waals surface area contributed by atoms with Crippen molar-refractivity contribution in [1.82, 2.24) is 5.32 Å². The SMILES string of the molecule is CCc1cc(Br)cc(C)c1NC(=O)COc1ccc(N2C[C@@H](C(=O)NCc3ccco3)CC2=O)cc1. The van der Waals surface area contributed by atoms with E-state index in [0.29, 0.717) is 23.7 Å². The summed E-state index contributed by atoms with van der Waals surface area (Å²) in [7, 11) is 0. The summed E-state index contributed by atoms with van der Waals surface area (Å²) in [6.07, 6.45) is 2.49. The van der Waals surface area contributed by atoms with Gasteiger partial charge in [0.2, 0.25) is 11.8 Å². The van der Waals surface area contributed by atoms with Gasteiger partial charge in [-0.05, 0) is 73.0 Å². The molecule has 188 valence electrons. The Bertz CT molecular complexity index is 1240. The lowest BCUT2D eigenvalue weighted by Gasteiger charge is -2.17. The number of amides is 3. The van der Waals surface area contributed by atoms with Crippen LogP contribution in [0.2, 0.25) is 0 Å². The van der Waals surface area contributed by atoms with E-state index in [0.717, 1.165) is 27.7 Å². The molecule has 2 aromatic carbocycles. The van der Waals surface area contributed by atoms with Crippen LogP contribution in [-0.2, 0) is 27.3 Å². The lowest BCUT2D eigenvalue weighted by molar-refractivity contribution is -0.126. The summed E-state index contributed by atoms with van der Waals surface area (Å²) in [5.74, 6) is 0.195. The number of ether oxygens (including phenoxy) is 1. The fourth-order valence-electron chi connectivity index (χ4n) is 4.18. The number of carbonyl (C=O) groups excluding carboxylic acids is 3. The number of aryl methyl sites for hydroxylation is 2. The molecule has 0 saturated carbocycles. The minimum atomic E-state index is -0.429. The normalized spacial score (nSPS) is 15.1. The average molecular weight is 554 g/mol. The summed E-state index contributed by atoms with van der Waals surface area (Å²) in [5.41, 5.74) is 3.50. The van der Waals surface area contributed by atoms with Crippen molar-refractivity contribution in [1.29, 1.82) is 0 Å². The predicted molar refractivity (Wildman–Crippen MR) is 140 cm³/mol. The first kappa shape index (κ1) is 25.5. The van der Waals surface area contributed by atoms with Crippen LogP contribution in [0, 0.1) is 12.8 Å². The van der Waals surface area contributed by atoms with E-state index in [9.17, 15) is 14.4 Å². The monoisotopic (exact) mass is 553 g/mol. The van der Waals surface area contributed by atoms with Crippen molar-refractivity contribution < 1.29 is 23.5 Å². The number of nitrogens with one attached hydrogen (secondary N) is 2. The molecule has 1 aliphatic heterocycles. The number of carbonyl (C=O) groups is 3. The first-order valence-electron chi connectivity index (χ1n) is 11.8. The van der Waals surface area contributed by atoms with Crippen molar-refractivity contribution in [3.8, 4) is 5.75 Å². The summed E-state index contributed by atoms with van der Waals surface area (Å²) in [4.78, 5) is 39.1.